The van der Waals surface area contributed by atoms with Crippen molar-refractivity contribution >= 4 is 0 Å². The van der Waals surface area contributed by atoms with Crippen LogP contribution in [0.25, 0.3) is 5.69 Å². The second-order valence-electron chi connectivity index (χ2n) is 3.67. The van der Waals surface area contributed by atoms with E-state index >= 15 is 0 Å². The predicted molar refractivity (Wildman–Crippen MR) is 61.0 cm³/mol. The summed E-state index contributed by atoms with van der Waals surface area (Å²) in [6.07, 6.45) is 1.83. The molecule has 0 aliphatic heterocycles. The standard InChI is InChI=1S/C12H14FN3/c1-9-10(7-14-2)8-15-16(9)12-5-3-11(13)4-6-12/h3-6,8,14H,7H2,1-2H3. The van der Waals surface area contributed by atoms with Crippen molar-refractivity contribution in [2.75, 3.05) is 7.05 Å². The smallest absolute Gasteiger partial charge is 0.123 e. The van der Waals surface area contributed by atoms with Gasteiger partial charge in [-0.3, -0.25) is 0 Å². The van der Waals surface area contributed by atoms with Gasteiger partial charge in [-0.15, -0.1) is 0 Å². The first-order valence-electron chi connectivity index (χ1n) is 5.16. The number of halogens is 1. The Balaban J connectivity index is 2.37. The highest BCUT2D eigenvalue weighted by atomic mass is 19.1. The molecule has 0 bridgehead atoms. The van der Waals surface area contributed by atoms with Crippen molar-refractivity contribution in [3.63, 3.8) is 0 Å². The lowest BCUT2D eigenvalue weighted by molar-refractivity contribution is 0.627. The van der Waals surface area contributed by atoms with Gasteiger partial charge in [-0.2, -0.15) is 5.10 Å². The second-order valence-corrected chi connectivity index (χ2v) is 3.67. The van der Waals surface area contributed by atoms with Crippen LogP contribution in [0.5, 0.6) is 0 Å². The topological polar surface area (TPSA) is 29.9 Å². The summed E-state index contributed by atoms with van der Waals surface area (Å²) >= 11 is 0. The highest BCUT2D eigenvalue weighted by Crippen LogP contribution is 2.14. The van der Waals surface area contributed by atoms with Crippen LogP contribution in [0.2, 0.25) is 0 Å². The summed E-state index contributed by atoms with van der Waals surface area (Å²) in [5.41, 5.74) is 3.09. The predicted octanol–water partition coefficient (Wildman–Crippen LogP) is 2.04. The van der Waals surface area contributed by atoms with Crippen molar-refractivity contribution < 1.29 is 4.39 Å². The lowest BCUT2D eigenvalue weighted by Gasteiger charge is -2.05. The lowest BCUT2D eigenvalue weighted by atomic mass is 10.2. The molecule has 0 saturated heterocycles. The van der Waals surface area contributed by atoms with E-state index in [2.05, 4.69) is 10.4 Å². The van der Waals surface area contributed by atoms with Crippen LogP contribution < -0.4 is 5.32 Å². The quantitative estimate of drug-likeness (QED) is 0.856. The summed E-state index contributed by atoms with van der Waals surface area (Å²) in [5.74, 6) is -0.232. The highest BCUT2D eigenvalue weighted by molar-refractivity contribution is 5.34. The number of hydrogen-bond donors (Lipinski definition) is 1. The molecule has 2 aromatic rings. The molecule has 0 radical (unpaired) electrons. The molecule has 0 aliphatic carbocycles. The third-order valence-electron chi connectivity index (χ3n) is 2.55. The molecule has 3 nitrogen and oxygen atoms in total. The first-order chi connectivity index (χ1) is 7.72. The van der Waals surface area contributed by atoms with Crippen LogP contribution >= 0.6 is 0 Å². The Morgan fingerprint density at radius 2 is 2.00 bits per heavy atom. The third-order valence-corrected chi connectivity index (χ3v) is 2.55. The van der Waals surface area contributed by atoms with Gasteiger partial charge in [-0.1, -0.05) is 0 Å². The molecule has 0 amide bonds. The summed E-state index contributed by atoms with van der Waals surface area (Å²) in [4.78, 5) is 0. The average Bonchev–Trinajstić information content (AvgIpc) is 2.63. The third kappa shape index (κ3) is 1.97. The van der Waals surface area contributed by atoms with Crippen LogP contribution in [0.3, 0.4) is 0 Å². The molecule has 84 valence electrons. The molecule has 2 rings (SSSR count). The summed E-state index contributed by atoms with van der Waals surface area (Å²) in [5, 5.41) is 7.37. The number of nitrogens with zero attached hydrogens (tertiary/aromatic N) is 2. The Hall–Kier alpha value is -1.68. The fourth-order valence-electron chi connectivity index (χ4n) is 1.65. The van der Waals surface area contributed by atoms with Gasteiger partial charge in [0.15, 0.2) is 0 Å². The monoisotopic (exact) mass is 219 g/mol. The Morgan fingerprint density at radius 3 is 2.62 bits per heavy atom. The van der Waals surface area contributed by atoms with Crippen LogP contribution in [0.4, 0.5) is 4.39 Å². The van der Waals surface area contributed by atoms with E-state index in [-0.39, 0.29) is 5.82 Å². The van der Waals surface area contributed by atoms with Gasteiger partial charge in [0, 0.05) is 17.8 Å². The average molecular weight is 219 g/mol. The minimum absolute atomic E-state index is 0.232. The fraction of sp³-hybridized carbons (Fsp3) is 0.250. The summed E-state index contributed by atoms with van der Waals surface area (Å²) < 4.78 is 14.6. The van der Waals surface area contributed by atoms with E-state index in [1.807, 2.05) is 24.9 Å². The molecule has 0 saturated carbocycles. The van der Waals surface area contributed by atoms with Gasteiger partial charge >= 0.3 is 0 Å². The zero-order valence-electron chi connectivity index (χ0n) is 9.37. The van der Waals surface area contributed by atoms with Gasteiger partial charge in [0.1, 0.15) is 5.82 Å². The van der Waals surface area contributed by atoms with Crippen LogP contribution in [0.1, 0.15) is 11.3 Å². The zero-order chi connectivity index (χ0) is 11.5. The molecular weight excluding hydrogens is 205 g/mol. The van der Waals surface area contributed by atoms with Gasteiger partial charge in [-0.05, 0) is 38.2 Å². The first-order valence-corrected chi connectivity index (χ1v) is 5.16. The van der Waals surface area contributed by atoms with Crippen molar-refractivity contribution in [3.8, 4) is 5.69 Å². The molecule has 0 spiro atoms. The van der Waals surface area contributed by atoms with Crippen molar-refractivity contribution in [2.24, 2.45) is 0 Å². The number of aromatic nitrogens is 2. The number of nitrogens with one attached hydrogen (secondary N) is 1. The van der Waals surface area contributed by atoms with Crippen molar-refractivity contribution in [1.29, 1.82) is 0 Å². The Labute approximate surface area is 93.9 Å². The molecule has 1 heterocycles. The van der Waals surface area contributed by atoms with Gasteiger partial charge in [0.05, 0.1) is 11.9 Å². The molecule has 0 atom stereocenters. The summed E-state index contributed by atoms with van der Waals surface area (Å²) in [6, 6.07) is 6.32. The largest absolute Gasteiger partial charge is 0.316 e. The van der Waals surface area contributed by atoms with E-state index in [1.165, 1.54) is 12.1 Å². The van der Waals surface area contributed by atoms with Gasteiger partial charge in [0.2, 0.25) is 0 Å². The minimum atomic E-state index is -0.232. The Morgan fingerprint density at radius 1 is 1.31 bits per heavy atom. The normalized spacial score (nSPS) is 10.7. The molecule has 1 aromatic heterocycles. The Bertz CT molecular complexity index is 474. The lowest BCUT2D eigenvalue weighted by Crippen LogP contribution is -2.06. The van der Waals surface area contributed by atoms with E-state index in [0.29, 0.717) is 0 Å². The van der Waals surface area contributed by atoms with Crippen molar-refractivity contribution in [1.82, 2.24) is 15.1 Å². The molecule has 16 heavy (non-hydrogen) atoms. The van der Waals surface area contributed by atoms with E-state index < -0.39 is 0 Å². The van der Waals surface area contributed by atoms with Crippen molar-refractivity contribution in [2.45, 2.75) is 13.5 Å². The fourth-order valence-corrected chi connectivity index (χ4v) is 1.65. The van der Waals surface area contributed by atoms with Crippen LogP contribution in [0.15, 0.2) is 30.5 Å². The van der Waals surface area contributed by atoms with Crippen LogP contribution in [0, 0.1) is 12.7 Å². The van der Waals surface area contributed by atoms with E-state index in [9.17, 15) is 4.39 Å². The molecule has 0 fully saturated rings. The highest BCUT2D eigenvalue weighted by Gasteiger charge is 2.06. The SMILES string of the molecule is CNCc1cnn(-c2ccc(F)cc2)c1C. The van der Waals surface area contributed by atoms with E-state index in [0.717, 1.165) is 23.5 Å². The maximum absolute atomic E-state index is 12.8. The maximum Gasteiger partial charge on any atom is 0.123 e. The summed E-state index contributed by atoms with van der Waals surface area (Å²) in [7, 11) is 1.90. The van der Waals surface area contributed by atoms with Gasteiger partial charge in [0.25, 0.3) is 0 Å². The Kier molecular flexibility index (Phi) is 3.01. The summed E-state index contributed by atoms with van der Waals surface area (Å²) in [6.45, 7) is 2.79. The maximum atomic E-state index is 12.8. The molecule has 4 heteroatoms. The zero-order valence-corrected chi connectivity index (χ0v) is 9.37. The minimum Gasteiger partial charge on any atom is -0.316 e. The van der Waals surface area contributed by atoms with Crippen molar-refractivity contribution in [3.05, 3.63) is 47.5 Å². The van der Waals surface area contributed by atoms with Gasteiger partial charge in [-0.25, -0.2) is 9.07 Å². The van der Waals surface area contributed by atoms with E-state index in [1.54, 1.807) is 12.1 Å². The molecule has 1 N–H and O–H groups in total. The molecule has 0 aliphatic rings. The number of benzene rings is 1. The molecule has 0 unspecified atom stereocenters. The first kappa shape index (κ1) is 10.8. The second kappa shape index (κ2) is 4.45. The van der Waals surface area contributed by atoms with Crippen LogP contribution in [-0.2, 0) is 6.54 Å². The molecular formula is C12H14FN3. The number of hydrogen-bond acceptors (Lipinski definition) is 2. The van der Waals surface area contributed by atoms with E-state index in [4.69, 9.17) is 0 Å². The van der Waals surface area contributed by atoms with Gasteiger partial charge < -0.3 is 5.32 Å². The number of rotatable bonds is 3. The molecule has 1 aromatic carbocycles. The van der Waals surface area contributed by atoms with Crippen LogP contribution in [-0.4, -0.2) is 16.8 Å².